The van der Waals surface area contributed by atoms with Gasteiger partial charge in [0.15, 0.2) is 0 Å². The van der Waals surface area contributed by atoms with Crippen molar-refractivity contribution in [3.8, 4) is 5.75 Å². The van der Waals surface area contributed by atoms with Gasteiger partial charge in [0.25, 0.3) is 11.7 Å². The van der Waals surface area contributed by atoms with Crippen molar-refractivity contribution in [2.45, 2.75) is 26.5 Å². The highest BCUT2D eigenvalue weighted by Crippen LogP contribution is 2.43. The van der Waals surface area contributed by atoms with E-state index in [2.05, 4.69) is 4.98 Å². The van der Waals surface area contributed by atoms with Crippen LogP contribution in [0.15, 0.2) is 96.8 Å². The maximum Gasteiger partial charge on any atom is 0.300 e. The number of ketones is 1. The summed E-state index contributed by atoms with van der Waals surface area (Å²) in [5, 5.41) is 12.0. The third-order valence-corrected chi connectivity index (χ3v) is 6.78. The van der Waals surface area contributed by atoms with Crippen LogP contribution in [-0.2, 0) is 16.2 Å². The summed E-state index contributed by atoms with van der Waals surface area (Å²) in [4.78, 5) is 32.4. The summed E-state index contributed by atoms with van der Waals surface area (Å²) in [6, 6.07) is 22.7. The normalized spacial score (nSPS) is 16.6. The number of hydrogen-bond donors (Lipinski definition) is 1. The van der Waals surface area contributed by atoms with Gasteiger partial charge in [-0.1, -0.05) is 48.0 Å². The van der Waals surface area contributed by atoms with Gasteiger partial charge < -0.3 is 9.84 Å². The molecular formula is C31H25ClN2O4. The Bertz CT molecular complexity index is 1550. The Morgan fingerprint density at radius 1 is 0.974 bits per heavy atom. The summed E-state index contributed by atoms with van der Waals surface area (Å²) in [7, 11) is 0. The van der Waals surface area contributed by atoms with Crippen molar-refractivity contribution in [1.82, 2.24) is 4.98 Å². The average Bonchev–Trinajstić information content (AvgIpc) is 3.18. The molecule has 0 saturated carbocycles. The third kappa shape index (κ3) is 4.78. The number of rotatable bonds is 6. The Labute approximate surface area is 225 Å². The highest BCUT2D eigenvalue weighted by Gasteiger charge is 2.47. The van der Waals surface area contributed by atoms with E-state index < -0.39 is 17.7 Å². The molecule has 1 fully saturated rings. The van der Waals surface area contributed by atoms with Crippen LogP contribution in [0.1, 0.15) is 33.9 Å². The number of aryl methyl sites for hydroxylation is 2. The van der Waals surface area contributed by atoms with E-state index in [1.807, 2.05) is 44.2 Å². The van der Waals surface area contributed by atoms with Gasteiger partial charge in [0.1, 0.15) is 18.1 Å². The van der Waals surface area contributed by atoms with Gasteiger partial charge in [0, 0.05) is 28.7 Å². The highest BCUT2D eigenvalue weighted by molar-refractivity contribution is 6.51. The number of anilines is 1. The van der Waals surface area contributed by atoms with Gasteiger partial charge in [-0.15, -0.1) is 0 Å². The SMILES string of the molecule is Cc1cc(/C(O)=C2\C(=O)C(=O)N(c3ccc(Cl)cc3C)C2c2cccnc2)ccc1OCc1ccccc1. The van der Waals surface area contributed by atoms with Crippen molar-refractivity contribution in [3.63, 3.8) is 0 Å². The zero-order valence-electron chi connectivity index (χ0n) is 20.9. The molecule has 1 aliphatic heterocycles. The molecule has 6 nitrogen and oxygen atoms in total. The molecule has 3 aromatic carbocycles. The van der Waals surface area contributed by atoms with Gasteiger partial charge in [0.2, 0.25) is 0 Å². The summed E-state index contributed by atoms with van der Waals surface area (Å²) in [5.41, 5.74) is 4.08. The van der Waals surface area contributed by atoms with Gasteiger partial charge >= 0.3 is 0 Å². The smallest absolute Gasteiger partial charge is 0.300 e. The first kappa shape index (κ1) is 25.2. The molecule has 1 unspecified atom stereocenters. The molecule has 1 saturated heterocycles. The number of pyridine rings is 1. The predicted molar refractivity (Wildman–Crippen MR) is 147 cm³/mol. The van der Waals surface area contributed by atoms with Crippen molar-refractivity contribution >= 4 is 34.7 Å². The Hall–Kier alpha value is -4.42. The molecule has 1 aromatic heterocycles. The quantitative estimate of drug-likeness (QED) is 0.175. The van der Waals surface area contributed by atoms with Gasteiger partial charge in [0.05, 0.1) is 11.6 Å². The Balaban J connectivity index is 1.56. The van der Waals surface area contributed by atoms with Gasteiger partial charge in [-0.2, -0.15) is 0 Å². The van der Waals surface area contributed by atoms with E-state index in [9.17, 15) is 14.7 Å². The first-order valence-electron chi connectivity index (χ1n) is 12.1. The van der Waals surface area contributed by atoms with E-state index in [-0.39, 0.29) is 11.3 Å². The summed E-state index contributed by atoms with van der Waals surface area (Å²) < 4.78 is 5.96. The molecule has 7 heteroatoms. The number of aliphatic hydroxyl groups is 1. The number of benzene rings is 3. The van der Waals surface area contributed by atoms with Gasteiger partial charge in [-0.05, 0) is 78.6 Å². The summed E-state index contributed by atoms with van der Waals surface area (Å²) >= 11 is 6.15. The Morgan fingerprint density at radius 3 is 2.45 bits per heavy atom. The fourth-order valence-electron chi connectivity index (χ4n) is 4.67. The zero-order chi connectivity index (χ0) is 26.8. The molecule has 2 heterocycles. The molecule has 1 aliphatic rings. The minimum absolute atomic E-state index is 0.00490. The van der Waals surface area contributed by atoms with E-state index in [0.29, 0.717) is 34.2 Å². The summed E-state index contributed by atoms with van der Waals surface area (Å²) in [6.45, 7) is 4.09. The zero-order valence-corrected chi connectivity index (χ0v) is 21.6. The number of ether oxygens (including phenoxy) is 1. The molecule has 5 rings (SSSR count). The van der Waals surface area contributed by atoms with Crippen LogP contribution < -0.4 is 9.64 Å². The molecule has 38 heavy (non-hydrogen) atoms. The standard InChI is InChI=1S/C31H25ClN2O4/c1-19-16-24(32)11-12-25(19)34-28(23-9-6-14-33-17-23)27(30(36)31(34)37)29(35)22-10-13-26(20(2)15-22)38-18-21-7-4-3-5-8-21/h3-17,28,35H,18H2,1-2H3/b29-27+. The topological polar surface area (TPSA) is 79.7 Å². The monoisotopic (exact) mass is 524 g/mol. The number of Topliss-reactive ketones (excluding diaryl/α,β-unsaturated/α-hetero) is 1. The number of aromatic nitrogens is 1. The second kappa shape index (κ2) is 10.5. The number of amides is 1. The fraction of sp³-hybridized carbons (Fsp3) is 0.129. The number of nitrogens with zero attached hydrogens (tertiary/aromatic N) is 2. The Kier molecular flexibility index (Phi) is 6.99. The molecule has 1 atom stereocenters. The first-order valence-corrected chi connectivity index (χ1v) is 12.5. The molecule has 190 valence electrons. The van der Waals surface area contributed by atoms with Crippen molar-refractivity contribution in [3.05, 3.63) is 130 Å². The second-order valence-corrected chi connectivity index (χ2v) is 9.58. The van der Waals surface area contributed by atoms with Crippen LogP contribution in [-0.4, -0.2) is 21.8 Å². The summed E-state index contributed by atoms with van der Waals surface area (Å²) in [6.07, 6.45) is 3.20. The molecule has 0 radical (unpaired) electrons. The molecule has 0 spiro atoms. The van der Waals surface area contributed by atoms with E-state index >= 15 is 0 Å². The molecule has 4 aromatic rings. The van der Waals surface area contributed by atoms with Crippen LogP contribution in [0.2, 0.25) is 5.02 Å². The number of carbonyl (C=O) groups excluding carboxylic acids is 2. The van der Waals surface area contributed by atoms with E-state index in [4.69, 9.17) is 16.3 Å². The van der Waals surface area contributed by atoms with Gasteiger partial charge in [-0.3, -0.25) is 19.5 Å². The number of hydrogen-bond acceptors (Lipinski definition) is 5. The average molecular weight is 525 g/mol. The lowest BCUT2D eigenvalue weighted by atomic mass is 9.95. The van der Waals surface area contributed by atoms with Crippen LogP contribution in [0.4, 0.5) is 5.69 Å². The lowest BCUT2D eigenvalue weighted by Gasteiger charge is -2.26. The van der Waals surface area contributed by atoms with Crippen molar-refractivity contribution < 1.29 is 19.4 Å². The molecular weight excluding hydrogens is 500 g/mol. The van der Waals surface area contributed by atoms with E-state index in [1.54, 1.807) is 60.9 Å². The van der Waals surface area contributed by atoms with E-state index in [1.165, 1.54) is 4.90 Å². The second-order valence-electron chi connectivity index (χ2n) is 9.14. The Morgan fingerprint density at radius 2 is 1.76 bits per heavy atom. The highest BCUT2D eigenvalue weighted by atomic mass is 35.5. The van der Waals surface area contributed by atoms with Crippen molar-refractivity contribution in [2.75, 3.05) is 4.90 Å². The van der Waals surface area contributed by atoms with Crippen molar-refractivity contribution in [2.24, 2.45) is 0 Å². The lowest BCUT2D eigenvalue weighted by Crippen LogP contribution is -2.30. The molecule has 1 N–H and O–H groups in total. The van der Waals surface area contributed by atoms with Crippen LogP contribution in [0.25, 0.3) is 5.76 Å². The largest absolute Gasteiger partial charge is 0.507 e. The minimum atomic E-state index is -0.863. The molecule has 0 bridgehead atoms. The maximum atomic E-state index is 13.4. The van der Waals surface area contributed by atoms with Crippen LogP contribution in [0.3, 0.4) is 0 Å². The third-order valence-electron chi connectivity index (χ3n) is 6.55. The maximum absolute atomic E-state index is 13.4. The fourth-order valence-corrected chi connectivity index (χ4v) is 4.90. The van der Waals surface area contributed by atoms with Crippen LogP contribution in [0.5, 0.6) is 5.75 Å². The number of aliphatic hydroxyl groups excluding tert-OH is 1. The number of carbonyl (C=O) groups is 2. The number of halogens is 1. The molecule has 0 aliphatic carbocycles. The minimum Gasteiger partial charge on any atom is -0.507 e. The van der Waals surface area contributed by atoms with Gasteiger partial charge in [-0.25, -0.2) is 0 Å². The van der Waals surface area contributed by atoms with Crippen molar-refractivity contribution in [1.29, 1.82) is 0 Å². The molecule has 1 amide bonds. The van der Waals surface area contributed by atoms with Crippen LogP contribution in [0, 0.1) is 13.8 Å². The van der Waals surface area contributed by atoms with Crippen LogP contribution >= 0.6 is 11.6 Å². The van der Waals surface area contributed by atoms with E-state index in [0.717, 1.165) is 16.7 Å². The first-order chi connectivity index (χ1) is 18.3. The summed E-state index contributed by atoms with van der Waals surface area (Å²) in [5.74, 6) is -1.10. The predicted octanol–water partition coefficient (Wildman–Crippen LogP) is 6.56. The lowest BCUT2D eigenvalue weighted by molar-refractivity contribution is -0.132.